The van der Waals surface area contributed by atoms with E-state index in [-0.39, 0.29) is 47.8 Å². The van der Waals surface area contributed by atoms with Crippen LogP contribution >= 0.6 is 0 Å². The maximum Gasteiger partial charge on any atom is 0.481 e. The van der Waals surface area contributed by atoms with Gasteiger partial charge >= 0.3 is 7.12 Å². The molecule has 250 valence electrons. The number of rotatable bonds is 10. The molecular formula is C38H50BN3O5. The second-order valence-electron chi connectivity index (χ2n) is 16.0. The van der Waals surface area contributed by atoms with Crippen molar-refractivity contribution in [1.82, 2.24) is 10.6 Å². The summed E-state index contributed by atoms with van der Waals surface area (Å²) < 4.78 is 13.5. The van der Waals surface area contributed by atoms with E-state index in [0.717, 1.165) is 48.8 Å². The molecule has 2 N–H and O–H groups in total. The second-order valence-corrected chi connectivity index (χ2v) is 16.0. The van der Waals surface area contributed by atoms with Gasteiger partial charge in [-0.15, -0.1) is 0 Å². The molecule has 4 aliphatic carbocycles. The van der Waals surface area contributed by atoms with Gasteiger partial charge in [-0.2, -0.15) is 0 Å². The van der Waals surface area contributed by atoms with Crippen molar-refractivity contribution >= 4 is 24.6 Å². The molecule has 0 spiro atoms. The monoisotopic (exact) mass is 639 g/mol. The van der Waals surface area contributed by atoms with E-state index < -0.39 is 12.7 Å². The molecule has 1 unspecified atom stereocenters. The number of hydrogen-bond donors (Lipinski definition) is 2. The Bertz CT molecular complexity index is 1540. The lowest BCUT2D eigenvalue weighted by Crippen LogP contribution is -2.65. The number of benzene rings is 2. The summed E-state index contributed by atoms with van der Waals surface area (Å²) in [6.07, 6.45) is 7.75. The molecule has 2 aliphatic heterocycles. The molecule has 2 aromatic rings. The van der Waals surface area contributed by atoms with Gasteiger partial charge in [0, 0.05) is 18.4 Å². The first-order chi connectivity index (χ1) is 22.5. The first-order valence-electron chi connectivity index (χ1n) is 17.8. The van der Waals surface area contributed by atoms with Gasteiger partial charge in [-0.3, -0.25) is 9.59 Å². The van der Waals surface area contributed by atoms with Crippen LogP contribution in [0.25, 0.3) is 0 Å². The quantitative estimate of drug-likeness (QED) is 0.318. The summed E-state index contributed by atoms with van der Waals surface area (Å²) in [7, 11) is -0.529. The fourth-order valence-electron chi connectivity index (χ4n) is 9.25. The standard InChI is InChI=1S/C38H50BN3O5/c1-24(2)18-33(39-45-32-20-27-19-31(36(27,3)4)37(32,5)46-39)41-35(44)38(21-25-12-7-6-8-13-25)22-28(42-47-38)23-40-34(43)30-17-11-15-26-14-9-10-16-29(26)30/h6-8,11-13,15,17,24,27,31-33H,9-10,14,16,18-23H2,1-5H3,(H,40,43)(H,41,44)/t27-,31-,32+,33-,37-,38?/m0/s1. The van der Waals surface area contributed by atoms with Gasteiger partial charge in [-0.1, -0.05) is 75.3 Å². The number of nitrogens with one attached hydrogen (secondary N) is 2. The van der Waals surface area contributed by atoms with E-state index in [1.165, 1.54) is 12.0 Å². The van der Waals surface area contributed by atoms with Crippen LogP contribution in [0.4, 0.5) is 0 Å². The van der Waals surface area contributed by atoms with Crippen molar-refractivity contribution in [3.05, 3.63) is 70.8 Å². The lowest BCUT2D eigenvalue weighted by atomic mass is 9.43. The third-order valence-electron chi connectivity index (χ3n) is 12.0. The Morgan fingerprint density at radius 1 is 1.02 bits per heavy atom. The molecule has 1 saturated heterocycles. The molecular weight excluding hydrogens is 589 g/mol. The van der Waals surface area contributed by atoms with Crippen LogP contribution in [0.15, 0.2) is 53.7 Å². The smallest absolute Gasteiger partial charge is 0.404 e. The Morgan fingerprint density at radius 3 is 2.57 bits per heavy atom. The van der Waals surface area contributed by atoms with E-state index in [1.807, 2.05) is 42.5 Å². The van der Waals surface area contributed by atoms with Gasteiger partial charge in [-0.25, -0.2) is 0 Å². The van der Waals surface area contributed by atoms with Crippen LogP contribution in [-0.4, -0.2) is 54.4 Å². The van der Waals surface area contributed by atoms with Crippen LogP contribution in [-0.2, 0) is 38.2 Å². The van der Waals surface area contributed by atoms with Crippen molar-refractivity contribution < 1.29 is 23.7 Å². The Labute approximate surface area is 279 Å². The summed E-state index contributed by atoms with van der Waals surface area (Å²) in [5, 5.41) is 10.8. The molecule has 0 aromatic heterocycles. The predicted molar refractivity (Wildman–Crippen MR) is 183 cm³/mol. The first kappa shape index (κ1) is 32.4. The number of aryl methyl sites for hydroxylation is 1. The highest BCUT2D eigenvalue weighted by Gasteiger charge is 2.68. The molecule has 47 heavy (non-hydrogen) atoms. The minimum Gasteiger partial charge on any atom is -0.404 e. The zero-order valence-corrected chi connectivity index (χ0v) is 28.6. The fourth-order valence-corrected chi connectivity index (χ4v) is 9.25. The lowest BCUT2D eigenvalue weighted by molar-refractivity contribution is -0.199. The van der Waals surface area contributed by atoms with Gasteiger partial charge in [-0.05, 0) is 97.8 Å². The number of nitrogens with zero attached hydrogens (tertiary/aromatic N) is 1. The maximum absolute atomic E-state index is 14.4. The third kappa shape index (κ3) is 5.92. The Kier molecular flexibility index (Phi) is 8.53. The van der Waals surface area contributed by atoms with E-state index in [4.69, 9.17) is 14.1 Å². The van der Waals surface area contributed by atoms with Gasteiger partial charge < -0.3 is 24.8 Å². The van der Waals surface area contributed by atoms with Gasteiger partial charge in [0.2, 0.25) is 5.60 Å². The molecule has 2 amide bonds. The highest BCUT2D eigenvalue weighted by molar-refractivity contribution is 6.48. The fraction of sp³-hybridized carbons (Fsp3) is 0.605. The number of oxime groups is 1. The summed E-state index contributed by atoms with van der Waals surface area (Å²) in [5.41, 5.74) is 3.41. The van der Waals surface area contributed by atoms with Crippen LogP contribution in [0.1, 0.15) is 100 Å². The largest absolute Gasteiger partial charge is 0.481 e. The number of fused-ring (bicyclic) bond motifs is 1. The van der Waals surface area contributed by atoms with Gasteiger partial charge in [0.1, 0.15) is 0 Å². The van der Waals surface area contributed by atoms with Crippen molar-refractivity contribution in [3.63, 3.8) is 0 Å². The molecule has 6 aliphatic rings. The molecule has 4 fully saturated rings. The van der Waals surface area contributed by atoms with Crippen LogP contribution in [0, 0.1) is 23.2 Å². The molecule has 2 heterocycles. The highest BCUT2D eigenvalue weighted by atomic mass is 16.7. The molecule has 8 rings (SSSR count). The number of carbonyl (C=O) groups excluding carboxylic acids is 2. The molecule has 2 aromatic carbocycles. The summed E-state index contributed by atoms with van der Waals surface area (Å²) in [6, 6.07) is 15.9. The molecule has 0 radical (unpaired) electrons. The van der Waals surface area contributed by atoms with Crippen molar-refractivity contribution in [2.75, 3.05) is 6.54 Å². The third-order valence-corrected chi connectivity index (χ3v) is 12.0. The molecule has 2 bridgehead atoms. The Morgan fingerprint density at radius 2 is 1.81 bits per heavy atom. The Hall–Kier alpha value is -3.17. The number of carbonyl (C=O) groups is 2. The van der Waals surface area contributed by atoms with E-state index >= 15 is 0 Å². The van der Waals surface area contributed by atoms with Crippen molar-refractivity contribution in [2.24, 2.45) is 28.3 Å². The minimum absolute atomic E-state index is 0.0330. The van der Waals surface area contributed by atoms with Crippen molar-refractivity contribution in [1.29, 1.82) is 0 Å². The number of amides is 2. The van der Waals surface area contributed by atoms with E-state index in [9.17, 15) is 9.59 Å². The average molecular weight is 640 g/mol. The first-order valence-corrected chi connectivity index (χ1v) is 17.8. The molecule has 3 saturated carbocycles. The van der Waals surface area contributed by atoms with E-state index in [1.54, 1.807) is 0 Å². The van der Waals surface area contributed by atoms with E-state index in [2.05, 4.69) is 56.5 Å². The molecule has 9 heteroatoms. The van der Waals surface area contributed by atoms with Gasteiger partial charge in [0.25, 0.3) is 11.8 Å². The van der Waals surface area contributed by atoms with Gasteiger partial charge in [0.05, 0.1) is 29.9 Å². The predicted octanol–water partition coefficient (Wildman–Crippen LogP) is 5.85. The SMILES string of the molecule is CC(C)C[C@H](NC(=O)C1(Cc2ccccc2)CC(CNC(=O)c2cccc3c2CCCC3)=NO1)B1O[C@@H]2C[C@@H]3C[C@@H](C3(C)C)[C@]2(C)O1. The zero-order valence-electron chi connectivity index (χ0n) is 28.6. The van der Waals surface area contributed by atoms with Crippen LogP contribution in [0.3, 0.4) is 0 Å². The van der Waals surface area contributed by atoms with Crippen LogP contribution in [0.2, 0.25) is 0 Å². The summed E-state index contributed by atoms with van der Waals surface area (Å²) in [6.45, 7) is 11.5. The molecule has 6 atom stereocenters. The summed E-state index contributed by atoms with van der Waals surface area (Å²) in [4.78, 5) is 33.9. The van der Waals surface area contributed by atoms with Gasteiger partial charge in [0.15, 0.2) is 0 Å². The summed E-state index contributed by atoms with van der Waals surface area (Å²) >= 11 is 0. The van der Waals surface area contributed by atoms with Crippen LogP contribution in [0.5, 0.6) is 0 Å². The van der Waals surface area contributed by atoms with Crippen LogP contribution < -0.4 is 10.6 Å². The zero-order chi connectivity index (χ0) is 33.0. The normalized spacial score (nSPS) is 30.8. The topological polar surface area (TPSA) is 98.3 Å². The lowest BCUT2D eigenvalue weighted by Gasteiger charge is -2.64. The minimum atomic E-state index is -1.25. The summed E-state index contributed by atoms with van der Waals surface area (Å²) in [5.74, 6) is 0.721. The highest BCUT2D eigenvalue weighted by Crippen LogP contribution is 2.65. The second kappa shape index (κ2) is 12.4. The molecule has 8 nitrogen and oxygen atoms in total. The Balaban J connectivity index is 1.07. The van der Waals surface area contributed by atoms with Crippen molar-refractivity contribution in [2.45, 2.75) is 116 Å². The number of hydrogen-bond acceptors (Lipinski definition) is 6. The maximum atomic E-state index is 14.4. The average Bonchev–Trinajstić information content (AvgIpc) is 3.64. The van der Waals surface area contributed by atoms with Crippen molar-refractivity contribution in [3.8, 4) is 0 Å². The van der Waals surface area contributed by atoms with E-state index in [0.29, 0.717) is 36.3 Å².